The summed E-state index contributed by atoms with van der Waals surface area (Å²) in [6, 6.07) is 9.66. The van der Waals surface area contributed by atoms with E-state index in [1.165, 1.54) is 0 Å². The quantitative estimate of drug-likeness (QED) is 0.753. The van der Waals surface area contributed by atoms with Crippen LogP contribution in [0.25, 0.3) is 11.3 Å². The molecule has 5 rings (SSSR count). The normalized spacial score (nSPS) is 21.3. The first-order valence-electron chi connectivity index (χ1n) is 9.60. The zero-order chi connectivity index (χ0) is 19.1. The Bertz CT molecular complexity index is 1050. The molecule has 28 heavy (non-hydrogen) atoms. The zero-order valence-electron chi connectivity index (χ0n) is 15.5. The summed E-state index contributed by atoms with van der Waals surface area (Å²) in [5, 5.41) is 0. The van der Waals surface area contributed by atoms with E-state index in [0.717, 1.165) is 55.1 Å². The lowest BCUT2D eigenvalue weighted by Gasteiger charge is -2.43. The molecule has 142 valence electrons. The van der Waals surface area contributed by atoms with E-state index in [-0.39, 0.29) is 5.56 Å². The number of anilines is 1. The van der Waals surface area contributed by atoms with Gasteiger partial charge in [-0.1, -0.05) is 6.07 Å². The third-order valence-corrected chi connectivity index (χ3v) is 5.72. The minimum atomic E-state index is 0.0771. The standard InChI is InChI=1S/C21H22N6O/c22-21-24-8-15(9-25-21)11-26-10-14-5-17(13-26)19-6-16(7-20(28)27(19)12-14)18-3-1-2-4-23-18/h1-4,6-9,14,17H,5,10-13H2,(H2,22,24,25)/t14-,17+/m0/s1. The van der Waals surface area contributed by atoms with Crippen LogP contribution in [0.15, 0.2) is 53.7 Å². The van der Waals surface area contributed by atoms with Gasteiger partial charge in [0.1, 0.15) is 0 Å². The van der Waals surface area contributed by atoms with Crippen molar-refractivity contribution in [1.29, 1.82) is 0 Å². The van der Waals surface area contributed by atoms with Crippen LogP contribution < -0.4 is 11.3 Å². The van der Waals surface area contributed by atoms with Gasteiger partial charge in [0, 0.05) is 73.6 Å². The van der Waals surface area contributed by atoms with Crippen LogP contribution in [-0.2, 0) is 13.1 Å². The van der Waals surface area contributed by atoms with Gasteiger partial charge in [-0.25, -0.2) is 9.97 Å². The maximum atomic E-state index is 12.8. The van der Waals surface area contributed by atoms with Crippen LogP contribution in [-0.4, -0.2) is 37.5 Å². The monoisotopic (exact) mass is 374 g/mol. The van der Waals surface area contributed by atoms with E-state index in [9.17, 15) is 4.79 Å². The second kappa shape index (κ2) is 6.83. The first kappa shape index (κ1) is 17.1. The van der Waals surface area contributed by atoms with E-state index in [1.807, 2.05) is 22.8 Å². The van der Waals surface area contributed by atoms with Gasteiger partial charge in [0.15, 0.2) is 0 Å². The lowest BCUT2D eigenvalue weighted by atomic mass is 9.82. The molecule has 7 heteroatoms. The Balaban J connectivity index is 1.44. The lowest BCUT2D eigenvalue weighted by Crippen LogP contribution is -2.46. The van der Waals surface area contributed by atoms with Crippen molar-refractivity contribution < 1.29 is 0 Å². The van der Waals surface area contributed by atoms with Crippen molar-refractivity contribution in [3.63, 3.8) is 0 Å². The van der Waals surface area contributed by atoms with E-state index in [0.29, 0.717) is 17.8 Å². The number of nitrogens with two attached hydrogens (primary N) is 1. The van der Waals surface area contributed by atoms with Crippen molar-refractivity contribution in [2.75, 3.05) is 18.8 Å². The molecular formula is C21H22N6O. The van der Waals surface area contributed by atoms with Gasteiger partial charge in [0.25, 0.3) is 5.56 Å². The summed E-state index contributed by atoms with van der Waals surface area (Å²) < 4.78 is 1.97. The minimum absolute atomic E-state index is 0.0771. The van der Waals surface area contributed by atoms with Gasteiger partial charge < -0.3 is 10.3 Å². The highest BCUT2D eigenvalue weighted by Crippen LogP contribution is 2.36. The summed E-state index contributed by atoms with van der Waals surface area (Å²) in [7, 11) is 0. The SMILES string of the molecule is Nc1ncc(CN2C[C@@H]3C[C@H](C2)c2cc(-c4ccccn4)cc(=O)n2C3)cn1. The molecule has 0 aromatic carbocycles. The molecule has 0 saturated carbocycles. The number of pyridine rings is 2. The van der Waals surface area contributed by atoms with Gasteiger partial charge in [-0.2, -0.15) is 0 Å². The molecule has 2 bridgehead atoms. The molecule has 7 nitrogen and oxygen atoms in total. The van der Waals surface area contributed by atoms with Crippen molar-refractivity contribution in [1.82, 2.24) is 24.4 Å². The number of hydrogen-bond donors (Lipinski definition) is 1. The summed E-state index contributed by atoms with van der Waals surface area (Å²) in [6.45, 7) is 3.49. The highest BCUT2D eigenvalue weighted by molar-refractivity contribution is 5.59. The Hall–Kier alpha value is -3.06. The van der Waals surface area contributed by atoms with Gasteiger partial charge in [-0.3, -0.25) is 14.7 Å². The van der Waals surface area contributed by atoms with Crippen LogP contribution in [0.3, 0.4) is 0 Å². The Kier molecular flexibility index (Phi) is 4.16. The van der Waals surface area contributed by atoms with Crippen molar-refractivity contribution in [3.8, 4) is 11.3 Å². The van der Waals surface area contributed by atoms with E-state index in [2.05, 4.69) is 25.9 Å². The van der Waals surface area contributed by atoms with E-state index in [4.69, 9.17) is 5.73 Å². The molecule has 1 fully saturated rings. The molecule has 0 unspecified atom stereocenters. The summed E-state index contributed by atoms with van der Waals surface area (Å²) in [6.07, 6.45) is 6.48. The van der Waals surface area contributed by atoms with Gasteiger partial charge in [-0.15, -0.1) is 0 Å². The van der Waals surface area contributed by atoms with Gasteiger partial charge >= 0.3 is 0 Å². The number of nitrogen functional groups attached to an aromatic ring is 1. The van der Waals surface area contributed by atoms with E-state index in [1.54, 1.807) is 24.7 Å². The molecule has 3 aromatic rings. The molecule has 1 saturated heterocycles. The van der Waals surface area contributed by atoms with Gasteiger partial charge in [0.05, 0.1) is 5.69 Å². The maximum Gasteiger partial charge on any atom is 0.251 e. The smallest absolute Gasteiger partial charge is 0.251 e. The molecule has 5 heterocycles. The van der Waals surface area contributed by atoms with Crippen LogP contribution in [0, 0.1) is 5.92 Å². The average molecular weight is 374 g/mol. The third-order valence-electron chi connectivity index (χ3n) is 5.72. The molecule has 2 N–H and O–H groups in total. The average Bonchev–Trinajstić information content (AvgIpc) is 2.71. The molecule has 2 aliphatic rings. The predicted octanol–water partition coefficient (Wildman–Crippen LogP) is 1.90. The van der Waals surface area contributed by atoms with Gasteiger partial charge in [-0.05, 0) is 30.5 Å². The fourth-order valence-corrected chi connectivity index (χ4v) is 4.57. The molecule has 2 atom stereocenters. The molecular weight excluding hydrogens is 352 g/mol. The fourth-order valence-electron chi connectivity index (χ4n) is 4.57. The second-order valence-corrected chi connectivity index (χ2v) is 7.77. The Morgan fingerprint density at radius 2 is 1.93 bits per heavy atom. The number of hydrogen-bond acceptors (Lipinski definition) is 6. The molecule has 0 radical (unpaired) electrons. The molecule has 3 aromatic heterocycles. The number of fused-ring (bicyclic) bond motifs is 4. The fraction of sp³-hybridized carbons (Fsp3) is 0.333. The Morgan fingerprint density at radius 1 is 1.07 bits per heavy atom. The van der Waals surface area contributed by atoms with Crippen LogP contribution in [0.2, 0.25) is 0 Å². The van der Waals surface area contributed by atoms with Gasteiger partial charge in [0.2, 0.25) is 5.95 Å². The highest BCUT2D eigenvalue weighted by atomic mass is 16.1. The Labute approximate surface area is 162 Å². The summed E-state index contributed by atoms with van der Waals surface area (Å²) >= 11 is 0. The second-order valence-electron chi connectivity index (χ2n) is 7.77. The summed E-state index contributed by atoms with van der Waals surface area (Å²) in [5.41, 5.74) is 9.61. The zero-order valence-corrected chi connectivity index (χ0v) is 15.5. The molecule has 0 amide bonds. The first-order valence-corrected chi connectivity index (χ1v) is 9.60. The van der Waals surface area contributed by atoms with E-state index < -0.39 is 0 Å². The predicted molar refractivity (Wildman–Crippen MR) is 107 cm³/mol. The number of rotatable bonds is 3. The molecule has 0 spiro atoms. The minimum Gasteiger partial charge on any atom is -0.368 e. The summed E-state index contributed by atoms with van der Waals surface area (Å²) in [5.74, 6) is 1.13. The van der Waals surface area contributed by atoms with Crippen molar-refractivity contribution in [2.24, 2.45) is 5.92 Å². The Morgan fingerprint density at radius 3 is 2.71 bits per heavy atom. The maximum absolute atomic E-state index is 12.8. The largest absolute Gasteiger partial charge is 0.368 e. The van der Waals surface area contributed by atoms with Crippen molar-refractivity contribution in [2.45, 2.75) is 25.4 Å². The topological polar surface area (TPSA) is 89.9 Å². The van der Waals surface area contributed by atoms with Crippen molar-refractivity contribution in [3.05, 3.63) is 70.5 Å². The summed E-state index contributed by atoms with van der Waals surface area (Å²) in [4.78, 5) is 27.8. The van der Waals surface area contributed by atoms with Crippen LogP contribution >= 0.6 is 0 Å². The number of nitrogens with zero attached hydrogens (tertiary/aromatic N) is 5. The first-order chi connectivity index (χ1) is 13.7. The lowest BCUT2D eigenvalue weighted by molar-refractivity contribution is 0.114. The van der Waals surface area contributed by atoms with Crippen LogP contribution in [0.4, 0.5) is 5.95 Å². The number of aromatic nitrogens is 4. The van der Waals surface area contributed by atoms with Crippen molar-refractivity contribution >= 4 is 5.95 Å². The van der Waals surface area contributed by atoms with Crippen LogP contribution in [0.5, 0.6) is 0 Å². The third kappa shape index (κ3) is 3.18. The van der Waals surface area contributed by atoms with E-state index >= 15 is 0 Å². The highest BCUT2D eigenvalue weighted by Gasteiger charge is 2.35. The number of likely N-dealkylation sites (tertiary alicyclic amines) is 1. The molecule has 2 aliphatic heterocycles. The number of piperidine rings is 1. The molecule has 0 aliphatic carbocycles. The van der Waals surface area contributed by atoms with Crippen LogP contribution in [0.1, 0.15) is 23.6 Å².